The molecule has 1 atom stereocenters. The molecule has 140 valence electrons. The summed E-state index contributed by atoms with van der Waals surface area (Å²) in [4.78, 5) is 39.5. The second kappa shape index (κ2) is 6.59. The van der Waals surface area contributed by atoms with Gasteiger partial charge in [-0.05, 0) is 25.7 Å². The molecule has 9 heteroatoms. The Balaban J connectivity index is 1.48. The molecule has 1 N–H and O–H groups in total. The molecule has 3 rings (SSSR count). The molecule has 0 aromatic rings. The third-order valence-electron chi connectivity index (χ3n) is 5.62. The molecule has 1 saturated carbocycles. The summed E-state index contributed by atoms with van der Waals surface area (Å²) in [6.07, 6.45) is 4.30. The molecule has 3 aliphatic rings. The van der Waals surface area contributed by atoms with Gasteiger partial charge in [-0.25, -0.2) is 13.2 Å². The number of amides is 4. The first kappa shape index (κ1) is 18.2. The van der Waals surface area contributed by atoms with Crippen molar-refractivity contribution >= 4 is 27.7 Å². The Labute approximate surface area is 147 Å². The Morgan fingerprint density at radius 2 is 2.00 bits per heavy atom. The predicted molar refractivity (Wildman–Crippen MR) is 90.5 cm³/mol. The average Bonchev–Trinajstić information content (AvgIpc) is 3.22. The lowest BCUT2D eigenvalue weighted by Gasteiger charge is -2.24. The number of nitrogens with one attached hydrogen (secondary N) is 1. The summed E-state index contributed by atoms with van der Waals surface area (Å²) in [5.74, 6) is -0.174. The van der Waals surface area contributed by atoms with Crippen LogP contribution in [0.4, 0.5) is 4.79 Å². The maximum Gasteiger partial charge on any atom is 0.325 e. The van der Waals surface area contributed by atoms with Crippen molar-refractivity contribution in [3.8, 4) is 0 Å². The fraction of sp³-hybridized carbons (Fsp3) is 0.812. The molecule has 0 bridgehead atoms. The van der Waals surface area contributed by atoms with Crippen molar-refractivity contribution in [2.45, 2.75) is 56.5 Å². The van der Waals surface area contributed by atoms with Crippen LogP contribution < -0.4 is 5.32 Å². The number of urea groups is 1. The van der Waals surface area contributed by atoms with Gasteiger partial charge in [-0.1, -0.05) is 12.8 Å². The van der Waals surface area contributed by atoms with Crippen molar-refractivity contribution < 1.29 is 22.8 Å². The fourth-order valence-corrected chi connectivity index (χ4v) is 5.82. The van der Waals surface area contributed by atoms with Crippen LogP contribution >= 0.6 is 0 Å². The van der Waals surface area contributed by atoms with Crippen LogP contribution in [0.15, 0.2) is 0 Å². The molecule has 0 unspecified atom stereocenters. The van der Waals surface area contributed by atoms with E-state index in [2.05, 4.69) is 5.32 Å². The number of carbonyl (C=O) groups excluding carboxylic acids is 3. The van der Waals surface area contributed by atoms with E-state index < -0.39 is 15.4 Å². The van der Waals surface area contributed by atoms with E-state index >= 15 is 0 Å². The fourth-order valence-electron chi connectivity index (χ4n) is 4.05. The zero-order valence-electron chi connectivity index (χ0n) is 14.5. The van der Waals surface area contributed by atoms with Crippen LogP contribution in [0.3, 0.4) is 0 Å². The van der Waals surface area contributed by atoms with Crippen molar-refractivity contribution in [3.05, 3.63) is 0 Å². The van der Waals surface area contributed by atoms with Gasteiger partial charge >= 0.3 is 6.03 Å². The second-order valence-corrected chi connectivity index (χ2v) is 9.57. The molecule has 0 aromatic heterocycles. The van der Waals surface area contributed by atoms with Crippen LogP contribution in [0.5, 0.6) is 0 Å². The lowest BCUT2D eigenvalue weighted by molar-refractivity contribution is -0.133. The van der Waals surface area contributed by atoms with E-state index in [1.165, 1.54) is 9.80 Å². The summed E-state index contributed by atoms with van der Waals surface area (Å²) in [6.45, 7) is 0.217. The maximum absolute atomic E-state index is 12.5. The number of nitrogens with zero attached hydrogens (tertiary/aromatic N) is 2. The van der Waals surface area contributed by atoms with Crippen LogP contribution in [0.25, 0.3) is 0 Å². The maximum atomic E-state index is 12.5. The van der Waals surface area contributed by atoms with E-state index in [0.29, 0.717) is 25.7 Å². The van der Waals surface area contributed by atoms with E-state index in [4.69, 9.17) is 0 Å². The molecule has 8 nitrogen and oxygen atoms in total. The molecule has 4 amide bonds. The molecule has 1 aliphatic carbocycles. The van der Waals surface area contributed by atoms with Crippen LogP contribution in [0.1, 0.15) is 44.9 Å². The van der Waals surface area contributed by atoms with E-state index in [1.807, 2.05) is 0 Å². The Hall–Kier alpha value is -1.64. The lowest BCUT2D eigenvalue weighted by Crippen LogP contribution is -2.44. The second-order valence-electron chi connectivity index (χ2n) is 7.34. The zero-order valence-corrected chi connectivity index (χ0v) is 15.3. The average molecular weight is 371 g/mol. The first-order chi connectivity index (χ1) is 11.7. The van der Waals surface area contributed by atoms with Crippen LogP contribution in [0.2, 0.25) is 0 Å². The molecule has 1 spiro atoms. The molecule has 2 saturated heterocycles. The van der Waals surface area contributed by atoms with Gasteiger partial charge < -0.3 is 10.2 Å². The smallest absolute Gasteiger partial charge is 0.325 e. The molecule has 3 fully saturated rings. The molecule has 2 heterocycles. The van der Waals surface area contributed by atoms with Gasteiger partial charge in [0.2, 0.25) is 5.91 Å². The summed E-state index contributed by atoms with van der Waals surface area (Å²) in [5.41, 5.74) is -0.712. The van der Waals surface area contributed by atoms with Crippen molar-refractivity contribution in [2.75, 3.05) is 25.1 Å². The first-order valence-corrected chi connectivity index (χ1v) is 10.7. The highest BCUT2D eigenvalue weighted by Gasteiger charge is 2.52. The number of imide groups is 1. The summed E-state index contributed by atoms with van der Waals surface area (Å²) >= 11 is 0. The summed E-state index contributed by atoms with van der Waals surface area (Å²) in [6, 6.07) is -0.634. The van der Waals surface area contributed by atoms with Gasteiger partial charge in [0.1, 0.15) is 5.54 Å². The largest absolute Gasteiger partial charge is 0.342 e. The van der Waals surface area contributed by atoms with E-state index in [-0.39, 0.29) is 48.4 Å². The van der Waals surface area contributed by atoms with Gasteiger partial charge in [-0.2, -0.15) is 0 Å². The number of hydrogen-bond acceptors (Lipinski definition) is 5. The molecule has 2 aliphatic heterocycles. The highest BCUT2D eigenvalue weighted by molar-refractivity contribution is 7.91. The predicted octanol–water partition coefficient (Wildman–Crippen LogP) is 0.277. The zero-order chi connectivity index (χ0) is 18.2. The van der Waals surface area contributed by atoms with Crippen molar-refractivity contribution in [1.82, 2.24) is 15.1 Å². The third-order valence-corrected chi connectivity index (χ3v) is 7.38. The number of hydrogen-bond donors (Lipinski definition) is 1. The van der Waals surface area contributed by atoms with Gasteiger partial charge in [-0.15, -0.1) is 0 Å². The summed E-state index contributed by atoms with van der Waals surface area (Å²) < 4.78 is 23.0. The summed E-state index contributed by atoms with van der Waals surface area (Å²) in [5, 5.41) is 2.82. The minimum Gasteiger partial charge on any atom is -0.342 e. The highest BCUT2D eigenvalue weighted by Crippen LogP contribution is 2.35. The van der Waals surface area contributed by atoms with Gasteiger partial charge in [0, 0.05) is 26.1 Å². The van der Waals surface area contributed by atoms with Crippen molar-refractivity contribution in [3.63, 3.8) is 0 Å². The van der Waals surface area contributed by atoms with Crippen LogP contribution in [-0.4, -0.2) is 72.7 Å². The number of rotatable bonds is 5. The van der Waals surface area contributed by atoms with Gasteiger partial charge in [0.15, 0.2) is 9.84 Å². The van der Waals surface area contributed by atoms with Crippen molar-refractivity contribution in [2.24, 2.45) is 0 Å². The monoisotopic (exact) mass is 371 g/mol. The van der Waals surface area contributed by atoms with E-state index in [0.717, 1.165) is 12.8 Å². The Bertz CT molecular complexity index is 684. The lowest BCUT2D eigenvalue weighted by atomic mass is 9.98. The van der Waals surface area contributed by atoms with Crippen LogP contribution in [-0.2, 0) is 19.4 Å². The molecule has 25 heavy (non-hydrogen) atoms. The SMILES string of the molecule is CN(C(=O)CCCN1C(=O)NC2(CCCC2)C1=O)[C@@H]1CCS(=O)(=O)C1. The first-order valence-electron chi connectivity index (χ1n) is 8.84. The van der Waals surface area contributed by atoms with Crippen molar-refractivity contribution in [1.29, 1.82) is 0 Å². The van der Waals surface area contributed by atoms with E-state index in [9.17, 15) is 22.8 Å². The quantitative estimate of drug-likeness (QED) is 0.699. The Morgan fingerprint density at radius 1 is 1.32 bits per heavy atom. The van der Waals surface area contributed by atoms with Gasteiger partial charge in [0.05, 0.1) is 11.5 Å². The van der Waals surface area contributed by atoms with Gasteiger partial charge in [0.25, 0.3) is 5.91 Å². The number of carbonyl (C=O) groups is 3. The van der Waals surface area contributed by atoms with Gasteiger partial charge in [-0.3, -0.25) is 14.5 Å². The highest BCUT2D eigenvalue weighted by atomic mass is 32.2. The van der Waals surface area contributed by atoms with Crippen LogP contribution in [0, 0.1) is 0 Å². The topological polar surface area (TPSA) is 104 Å². The Kier molecular flexibility index (Phi) is 4.78. The molecule has 0 aromatic carbocycles. The van der Waals surface area contributed by atoms with E-state index in [1.54, 1.807) is 7.05 Å². The minimum absolute atomic E-state index is 0.0186. The third kappa shape index (κ3) is 3.51. The molecular formula is C16H25N3O5S. The normalized spacial score (nSPS) is 27.1. The Morgan fingerprint density at radius 3 is 2.60 bits per heavy atom. The standard InChI is InChI=1S/C16H25N3O5S/c1-18(12-6-10-25(23,24)11-12)13(20)5-4-9-19-14(21)16(17-15(19)22)7-2-3-8-16/h12H,2-11H2,1H3,(H,17,22)/t12-/m1/s1. The summed E-state index contributed by atoms with van der Waals surface area (Å²) in [7, 11) is -1.41. The minimum atomic E-state index is -3.03. The molecule has 0 radical (unpaired) electrons. The molecular weight excluding hydrogens is 346 g/mol. The number of sulfone groups is 1.